The van der Waals surface area contributed by atoms with E-state index in [1.807, 2.05) is 0 Å². The van der Waals surface area contributed by atoms with Crippen LogP contribution in [0.15, 0.2) is 0 Å². The second kappa shape index (κ2) is 6.83. The Balaban J connectivity index is 1.98. The van der Waals surface area contributed by atoms with Crippen LogP contribution in [0.2, 0.25) is 0 Å². The van der Waals surface area contributed by atoms with Crippen LogP contribution in [0, 0.1) is 5.92 Å². The Morgan fingerprint density at radius 3 is 2.73 bits per heavy atom. The maximum Gasteiger partial charge on any atom is 0.220 e. The van der Waals surface area contributed by atoms with Crippen molar-refractivity contribution < 1.29 is 9.90 Å². The van der Waals surface area contributed by atoms with Crippen LogP contribution in [-0.4, -0.2) is 23.7 Å². The summed E-state index contributed by atoms with van der Waals surface area (Å²) in [5.41, 5.74) is 0. The SMILES string of the molecule is CC(O)CCNC(=O)CCC1CCCC1. The molecule has 1 aliphatic rings. The Morgan fingerprint density at radius 2 is 2.13 bits per heavy atom. The van der Waals surface area contributed by atoms with Gasteiger partial charge in [0.05, 0.1) is 6.10 Å². The van der Waals surface area contributed by atoms with Gasteiger partial charge >= 0.3 is 0 Å². The molecule has 2 N–H and O–H groups in total. The van der Waals surface area contributed by atoms with Gasteiger partial charge in [0.25, 0.3) is 0 Å². The molecule has 0 aliphatic heterocycles. The van der Waals surface area contributed by atoms with Gasteiger partial charge in [-0.25, -0.2) is 0 Å². The second-order valence-corrected chi connectivity index (χ2v) is 4.68. The zero-order valence-corrected chi connectivity index (χ0v) is 9.67. The minimum Gasteiger partial charge on any atom is -0.393 e. The van der Waals surface area contributed by atoms with E-state index in [9.17, 15) is 4.79 Å². The lowest BCUT2D eigenvalue weighted by molar-refractivity contribution is -0.121. The van der Waals surface area contributed by atoms with Crippen LogP contribution in [-0.2, 0) is 4.79 Å². The van der Waals surface area contributed by atoms with Crippen molar-refractivity contribution in [2.75, 3.05) is 6.54 Å². The van der Waals surface area contributed by atoms with Gasteiger partial charge in [0.15, 0.2) is 0 Å². The monoisotopic (exact) mass is 213 g/mol. The molecule has 1 atom stereocenters. The lowest BCUT2D eigenvalue weighted by atomic mass is 10.0. The molecule has 0 heterocycles. The molecular formula is C12H23NO2. The standard InChI is InChI=1S/C12H23NO2/c1-10(14)8-9-13-12(15)7-6-11-4-2-3-5-11/h10-11,14H,2-9H2,1H3,(H,13,15). The Morgan fingerprint density at radius 1 is 1.47 bits per heavy atom. The van der Waals surface area contributed by atoms with Crippen molar-refractivity contribution in [2.45, 2.75) is 58.0 Å². The first-order valence-electron chi connectivity index (χ1n) is 6.13. The fraction of sp³-hybridized carbons (Fsp3) is 0.917. The van der Waals surface area contributed by atoms with Crippen LogP contribution in [0.5, 0.6) is 0 Å². The average Bonchev–Trinajstić information content (AvgIpc) is 2.66. The van der Waals surface area contributed by atoms with E-state index in [0.29, 0.717) is 19.4 Å². The summed E-state index contributed by atoms with van der Waals surface area (Å²) < 4.78 is 0. The summed E-state index contributed by atoms with van der Waals surface area (Å²) >= 11 is 0. The molecule has 0 aromatic rings. The number of aliphatic hydroxyl groups excluding tert-OH is 1. The van der Waals surface area contributed by atoms with Crippen molar-refractivity contribution in [1.82, 2.24) is 5.32 Å². The fourth-order valence-corrected chi connectivity index (χ4v) is 2.14. The zero-order valence-electron chi connectivity index (χ0n) is 9.67. The minimum atomic E-state index is -0.319. The predicted molar refractivity (Wildman–Crippen MR) is 60.5 cm³/mol. The highest BCUT2D eigenvalue weighted by Gasteiger charge is 2.15. The molecule has 0 aromatic carbocycles. The number of rotatable bonds is 6. The van der Waals surface area contributed by atoms with Gasteiger partial charge in [-0.3, -0.25) is 4.79 Å². The van der Waals surface area contributed by atoms with Crippen molar-refractivity contribution in [3.05, 3.63) is 0 Å². The molecule has 1 amide bonds. The molecule has 1 rings (SSSR count). The fourth-order valence-electron chi connectivity index (χ4n) is 2.14. The third-order valence-corrected chi connectivity index (χ3v) is 3.14. The number of nitrogens with one attached hydrogen (secondary N) is 1. The highest BCUT2D eigenvalue weighted by molar-refractivity contribution is 5.75. The van der Waals surface area contributed by atoms with E-state index >= 15 is 0 Å². The molecule has 1 fully saturated rings. The summed E-state index contributed by atoms with van der Waals surface area (Å²) in [4.78, 5) is 11.4. The van der Waals surface area contributed by atoms with Gasteiger partial charge in [-0.2, -0.15) is 0 Å². The Hall–Kier alpha value is -0.570. The van der Waals surface area contributed by atoms with Crippen molar-refractivity contribution in [2.24, 2.45) is 5.92 Å². The van der Waals surface area contributed by atoms with Crippen LogP contribution >= 0.6 is 0 Å². The number of hydrogen-bond donors (Lipinski definition) is 2. The summed E-state index contributed by atoms with van der Waals surface area (Å²) in [6, 6.07) is 0. The molecule has 3 nitrogen and oxygen atoms in total. The Kier molecular flexibility index (Phi) is 5.69. The number of hydrogen-bond acceptors (Lipinski definition) is 2. The Labute approximate surface area is 92.3 Å². The molecule has 1 unspecified atom stereocenters. The van der Waals surface area contributed by atoms with Crippen molar-refractivity contribution in [3.8, 4) is 0 Å². The molecule has 3 heteroatoms. The van der Waals surface area contributed by atoms with Gasteiger partial charge in [-0.1, -0.05) is 25.7 Å². The van der Waals surface area contributed by atoms with Gasteiger partial charge in [0, 0.05) is 13.0 Å². The van der Waals surface area contributed by atoms with Gasteiger partial charge < -0.3 is 10.4 Å². The lowest BCUT2D eigenvalue weighted by Gasteiger charge is -2.09. The van der Waals surface area contributed by atoms with E-state index in [1.165, 1.54) is 25.7 Å². The smallest absolute Gasteiger partial charge is 0.220 e. The lowest BCUT2D eigenvalue weighted by Crippen LogP contribution is -2.26. The maximum atomic E-state index is 11.4. The van der Waals surface area contributed by atoms with Gasteiger partial charge in [-0.05, 0) is 25.7 Å². The largest absolute Gasteiger partial charge is 0.393 e. The topological polar surface area (TPSA) is 49.3 Å². The molecule has 88 valence electrons. The minimum absolute atomic E-state index is 0.141. The molecule has 1 aliphatic carbocycles. The van der Waals surface area contributed by atoms with E-state index in [1.54, 1.807) is 6.92 Å². The van der Waals surface area contributed by atoms with E-state index in [0.717, 1.165) is 12.3 Å². The van der Waals surface area contributed by atoms with E-state index in [4.69, 9.17) is 5.11 Å². The summed E-state index contributed by atoms with van der Waals surface area (Å²) in [5.74, 6) is 0.926. The molecule has 0 aromatic heterocycles. The highest BCUT2D eigenvalue weighted by Crippen LogP contribution is 2.28. The Bertz CT molecular complexity index is 186. The van der Waals surface area contributed by atoms with Crippen LogP contribution in [0.4, 0.5) is 0 Å². The predicted octanol–water partition coefficient (Wildman–Crippen LogP) is 1.84. The second-order valence-electron chi connectivity index (χ2n) is 4.68. The highest BCUT2D eigenvalue weighted by atomic mass is 16.3. The van der Waals surface area contributed by atoms with Gasteiger partial charge in [0.1, 0.15) is 0 Å². The third kappa shape index (κ3) is 5.78. The molecular weight excluding hydrogens is 190 g/mol. The first kappa shape index (κ1) is 12.5. The van der Waals surface area contributed by atoms with Crippen molar-refractivity contribution in [3.63, 3.8) is 0 Å². The quantitative estimate of drug-likeness (QED) is 0.707. The molecule has 0 spiro atoms. The zero-order chi connectivity index (χ0) is 11.1. The van der Waals surface area contributed by atoms with Gasteiger partial charge in [0.2, 0.25) is 5.91 Å². The van der Waals surface area contributed by atoms with E-state index in [-0.39, 0.29) is 12.0 Å². The van der Waals surface area contributed by atoms with E-state index < -0.39 is 0 Å². The van der Waals surface area contributed by atoms with Crippen LogP contribution < -0.4 is 5.32 Å². The molecule has 1 saturated carbocycles. The van der Waals surface area contributed by atoms with Crippen molar-refractivity contribution >= 4 is 5.91 Å². The summed E-state index contributed by atoms with van der Waals surface area (Å²) in [5, 5.41) is 11.9. The summed E-state index contributed by atoms with van der Waals surface area (Å²) in [6.07, 6.45) is 7.32. The average molecular weight is 213 g/mol. The van der Waals surface area contributed by atoms with Crippen LogP contribution in [0.1, 0.15) is 51.9 Å². The van der Waals surface area contributed by atoms with Crippen LogP contribution in [0.25, 0.3) is 0 Å². The number of amides is 1. The third-order valence-electron chi connectivity index (χ3n) is 3.14. The van der Waals surface area contributed by atoms with E-state index in [2.05, 4.69) is 5.32 Å². The molecule has 0 saturated heterocycles. The molecule has 15 heavy (non-hydrogen) atoms. The van der Waals surface area contributed by atoms with Gasteiger partial charge in [-0.15, -0.1) is 0 Å². The summed E-state index contributed by atoms with van der Waals surface area (Å²) in [6.45, 7) is 2.34. The maximum absolute atomic E-state index is 11.4. The summed E-state index contributed by atoms with van der Waals surface area (Å²) in [7, 11) is 0. The molecule has 0 radical (unpaired) electrons. The number of carbonyl (C=O) groups excluding carboxylic acids is 1. The number of carbonyl (C=O) groups is 1. The normalized spacial score (nSPS) is 19.1. The molecule has 0 bridgehead atoms. The van der Waals surface area contributed by atoms with Crippen molar-refractivity contribution in [1.29, 1.82) is 0 Å². The first-order chi connectivity index (χ1) is 7.18. The number of aliphatic hydroxyl groups is 1. The van der Waals surface area contributed by atoms with Crippen LogP contribution in [0.3, 0.4) is 0 Å². The first-order valence-corrected chi connectivity index (χ1v) is 6.13.